The number of hydrogen-bond acceptors (Lipinski definition) is 4. The van der Waals surface area contributed by atoms with Crippen LogP contribution in [0.15, 0.2) is 0 Å². The van der Waals surface area contributed by atoms with E-state index in [2.05, 4.69) is 0 Å². The third-order valence-corrected chi connectivity index (χ3v) is 2.23. The Bertz CT molecular complexity index is 209. The van der Waals surface area contributed by atoms with Crippen molar-refractivity contribution in [1.82, 2.24) is 0 Å². The van der Waals surface area contributed by atoms with Gasteiger partial charge in [-0.1, -0.05) is 13.8 Å². The fraction of sp³-hybridized carbons (Fsp3) is 0.818. The quantitative estimate of drug-likeness (QED) is 0.636. The number of rotatable bonds is 6. The Morgan fingerprint density at radius 3 is 2.00 bits per heavy atom. The van der Waals surface area contributed by atoms with Crippen LogP contribution in [0.25, 0.3) is 0 Å². The topological polar surface area (TPSA) is 52.6 Å². The lowest BCUT2D eigenvalue weighted by Gasteiger charge is -2.16. The smallest absolute Gasteiger partial charge is 0.347 e. The van der Waals surface area contributed by atoms with Crippen molar-refractivity contribution in [3.63, 3.8) is 0 Å². The molecule has 0 aliphatic carbocycles. The van der Waals surface area contributed by atoms with Gasteiger partial charge in [0.2, 0.25) is 0 Å². The summed E-state index contributed by atoms with van der Waals surface area (Å²) in [5.74, 6) is -0.931. The van der Waals surface area contributed by atoms with E-state index in [0.717, 1.165) is 12.8 Å². The molecule has 0 spiro atoms. The Balaban J connectivity index is 4.10. The number of hydrogen-bond donors (Lipinski definition) is 0. The first-order chi connectivity index (χ1) is 7.06. The molecule has 4 nitrogen and oxygen atoms in total. The molecule has 0 aromatic carbocycles. The number of esters is 2. The molecular weight excluding hydrogens is 196 g/mol. The van der Waals surface area contributed by atoms with Gasteiger partial charge in [-0.15, -0.1) is 0 Å². The minimum Gasteiger partial charge on any atom is -0.463 e. The predicted octanol–water partition coefficient (Wildman–Crippen LogP) is 1.92. The predicted molar refractivity (Wildman–Crippen MR) is 56.3 cm³/mol. The van der Waals surface area contributed by atoms with Crippen molar-refractivity contribution in [3.8, 4) is 0 Å². The SMILES string of the molecule is CCOC(=O)C(C)OC(=O)C(CC)CC. The third-order valence-electron chi connectivity index (χ3n) is 2.23. The van der Waals surface area contributed by atoms with Crippen LogP contribution in [0.4, 0.5) is 0 Å². The highest BCUT2D eigenvalue weighted by Gasteiger charge is 2.23. The van der Waals surface area contributed by atoms with Gasteiger partial charge < -0.3 is 9.47 Å². The van der Waals surface area contributed by atoms with Gasteiger partial charge in [0, 0.05) is 0 Å². The Hall–Kier alpha value is -1.06. The molecule has 1 atom stereocenters. The monoisotopic (exact) mass is 216 g/mol. The molecule has 0 aliphatic rings. The summed E-state index contributed by atoms with van der Waals surface area (Å²) in [5, 5.41) is 0. The normalized spacial score (nSPS) is 12.3. The summed E-state index contributed by atoms with van der Waals surface area (Å²) < 4.78 is 9.73. The van der Waals surface area contributed by atoms with E-state index in [4.69, 9.17) is 9.47 Å². The van der Waals surface area contributed by atoms with Crippen LogP contribution in [-0.2, 0) is 19.1 Å². The van der Waals surface area contributed by atoms with Crippen LogP contribution < -0.4 is 0 Å². The first-order valence-corrected chi connectivity index (χ1v) is 5.43. The minimum atomic E-state index is -0.807. The fourth-order valence-electron chi connectivity index (χ4n) is 1.20. The molecule has 0 N–H and O–H groups in total. The van der Waals surface area contributed by atoms with Gasteiger partial charge in [0.1, 0.15) is 0 Å². The van der Waals surface area contributed by atoms with Crippen LogP contribution in [0.3, 0.4) is 0 Å². The Morgan fingerprint density at radius 1 is 1.07 bits per heavy atom. The van der Waals surface area contributed by atoms with Crippen molar-refractivity contribution < 1.29 is 19.1 Å². The highest BCUT2D eigenvalue weighted by Crippen LogP contribution is 2.11. The molecule has 0 amide bonds. The second-order valence-corrected chi connectivity index (χ2v) is 3.34. The molecular formula is C11H20O4. The van der Waals surface area contributed by atoms with E-state index in [9.17, 15) is 9.59 Å². The molecule has 0 rings (SSSR count). The van der Waals surface area contributed by atoms with Crippen molar-refractivity contribution in [2.24, 2.45) is 5.92 Å². The van der Waals surface area contributed by atoms with E-state index in [1.807, 2.05) is 13.8 Å². The van der Waals surface area contributed by atoms with Crippen molar-refractivity contribution in [2.45, 2.75) is 46.6 Å². The molecule has 1 unspecified atom stereocenters. The lowest BCUT2D eigenvalue weighted by Crippen LogP contribution is -2.29. The largest absolute Gasteiger partial charge is 0.463 e. The molecule has 0 bridgehead atoms. The molecule has 0 aromatic heterocycles. The van der Waals surface area contributed by atoms with Gasteiger partial charge in [0.25, 0.3) is 0 Å². The van der Waals surface area contributed by atoms with Gasteiger partial charge in [-0.05, 0) is 26.7 Å². The van der Waals surface area contributed by atoms with E-state index < -0.39 is 12.1 Å². The zero-order valence-electron chi connectivity index (χ0n) is 9.91. The minimum absolute atomic E-state index is 0.123. The standard InChI is InChI=1S/C11H20O4/c1-5-9(6-2)11(13)15-8(4)10(12)14-7-3/h8-9H,5-7H2,1-4H3. The summed E-state index contributed by atoms with van der Waals surface area (Å²) in [5.41, 5.74) is 0. The zero-order chi connectivity index (χ0) is 11.8. The van der Waals surface area contributed by atoms with E-state index in [1.54, 1.807) is 6.92 Å². The molecule has 0 aromatic rings. The summed E-state index contributed by atoms with van der Waals surface area (Å²) in [6.07, 6.45) is 0.647. The van der Waals surface area contributed by atoms with Gasteiger partial charge in [-0.3, -0.25) is 4.79 Å². The summed E-state index contributed by atoms with van der Waals surface area (Å²) in [6.45, 7) is 7.38. The van der Waals surface area contributed by atoms with E-state index in [1.165, 1.54) is 6.92 Å². The van der Waals surface area contributed by atoms with Crippen LogP contribution in [-0.4, -0.2) is 24.6 Å². The molecule has 4 heteroatoms. The second-order valence-electron chi connectivity index (χ2n) is 3.34. The average Bonchev–Trinajstić information content (AvgIpc) is 2.19. The molecule has 0 saturated heterocycles. The Morgan fingerprint density at radius 2 is 1.60 bits per heavy atom. The maximum absolute atomic E-state index is 11.5. The molecule has 0 aliphatic heterocycles. The first kappa shape index (κ1) is 13.9. The second kappa shape index (κ2) is 7.26. The maximum Gasteiger partial charge on any atom is 0.347 e. The van der Waals surface area contributed by atoms with Crippen molar-refractivity contribution in [3.05, 3.63) is 0 Å². The lowest BCUT2D eigenvalue weighted by atomic mass is 10.0. The Kier molecular flexibility index (Phi) is 6.75. The van der Waals surface area contributed by atoms with Crippen LogP contribution >= 0.6 is 0 Å². The molecule has 0 heterocycles. The maximum atomic E-state index is 11.5. The van der Waals surface area contributed by atoms with E-state index in [-0.39, 0.29) is 11.9 Å². The molecule has 88 valence electrons. The van der Waals surface area contributed by atoms with Gasteiger partial charge in [0.15, 0.2) is 6.10 Å². The number of ether oxygens (including phenoxy) is 2. The molecule has 0 radical (unpaired) electrons. The van der Waals surface area contributed by atoms with Gasteiger partial charge in [0.05, 0.1) is 12.5 Å². The Labute approximate surface area is 90.9 Å². The van der Waals surface area contributed by atoms with Gasteiger partial charge in [-0.25, -0.2) is 4.79 Å². The van der Waals surface area contributed by atoms with Crippen LogP contribution in [0.5, 0.6) is 0 Å². The van der Waals surface area contributed by atoms with Crippen molar-refractivity contribution in [1.29, 1.82) is 0 Å². The highest BCUT2D eigenvalue weighted by atomic mass is 16.6. The van der Waals surface area contributed by atoms with Crippen molar-refractivity contribution in [2.75, 3.05) is 6.61 Å². The van der Waals surface area contributed by atoms with Crippen LogP contribution in [0.1, 0.15) is 40.5 Å². The van der Waals surface area contributed by atoms with Gasteiger partial charge >= 0.3 is 11.9 Å². The summed E-state index contributed by atoms with van der Waals surface area (Å²) in [4.78, 5) is 22.7. The summed E-state index contributed by atoms with van der Waals surface area (Å²) in [7, 11) is 0. The first-order valence-electron chi connectivity index (χ1n) is 5.43. The molecule has 15 heavy (non-hydrogen) atoms. The van der Waals surface area contributed by atoms with Crippen molar-refractivity contribution >= 4 is 11.9 Å². The zero-order valence-corrected chi connectivity index (χ0v) is 9.91. The van der Waals surface area contributed by atoms with E-state index in [0.29, 0.717) is 6.61 Å². The fourth-order valence-corrected chi connectivity index (χ4v) is 1.20. The number of carbonyl (C=O) groups is 2. The molecule has 0 fully saturated rings. The number of carbonyl (C=O) groups excluding carboxylic acids is 2. The summed E-state index contributed by atoms with van der Waals surface area (Å²) in [6, 6.07) is 0. The third kappa shape index (κ3) is 4.81. The van der Waals surface area contributed by atoms with E-state index >= 15 is 0 Å². The van der Waals surface area contributed by atoms with Crippen LogP contribution in [0, 0.1) is 5.92 Å². The van der Waals surface area contributed by atoms with Crippen LogP contribution in [0.2, 0.25) is 0 Å². The average molecular weight is 216 g/mol. The highest BCUT2D eigenvalue weighted by molar-refractivity contribution is 5.79. The van der Waals surface area contributed by atoms with Gasteiger partial charge in [-0.2, -0.15) is 0 Å². The molecule has 0 saturated carbocycles. The summed E-state index contributed by atoms with van der Waals surface area (Å²) >= 11 is 0. The lowest BCUT2D eigenvalue weighted by molar-refractivity contribution is -0.169.